The summed E-state index contributed by atoms with van der Waals surface area (Å²) < 4.78 is 0. The lowest BCUT2D eigenvalue weighted by Crippen LogP contribution is -2.20. The molecule has 0 N–H and O–H groups in total. The van der Waals surface area contributed by atoms with Gasteiger partial charge in [0.2, 0.25) is 0 Å². The van der Waals surface area contributed by atoms with Crippen LogP contribution in [0, 0.1) is 0 Å². The fourth-order valence-electron chi connectivity index (χ4n) is 2.87. The van der Waals surface area contributed by atoms with Crippen molar-refractivity contribution in [1.82, 2.24) is 0 Å². The Hall–Kier alpha value is -2.28. The molecular weight excluding hydrogens is 227 g/mol. The summed E-state index contributed by atoms with van der Waals surface area (Å²) in [6.07, 6.45) is 0. The Morgan fingerprint density at radius 2 is 1.21 bits per heavy atom. The third-order valence-electron chi connectivity index (χ3n) is 3.72. The van der Waals surface area contributed by atoms with Gasteiger partial charge in [0.25, 0.3) is 0 Å². The molecule has 19 heavy (non-hydrogen) atoms. The maximum atomic E-state index is 2.27. The summed E-state index contributed by atoms with van der Waals surface area (Å²) in [5.41, 5.74) is 7.95. The van der Waals surface area contributed by atoms with Crippen molar-refractivity contribution in [3.63, 3.8) is 0 Å². The first-order valence-corrected chi connectivity index (χ1v) is 6.56. The van der Waals surface area contributed by atoms with Gasteiger partial charge in [0.15, 0.2) is 7.28 Å². The molecule has 0 bridgehead atoms. The van der Waals surface area contributed by atoms with Crippen LogP contribution in [-0.2, 0) is 0 Å². The third kappa shape index (κ3) is 1.62. The van der Waals surface area contributed by atoms with Crippen LogP contribution in [0.2, 0.25) is 0 Å². The van der Waals surface area contributed by atoms with Crippen LogP contribution in [0.3, 0.4) is 0 Å². The molecule has 1 radical (unpaired) electrons. The molecule has 0 saturated heterocycles. The van der Waals surface area contributed by atoms with E-state index in [0.29, 0.717) is 0 Å². The van der Waals surface area contributed by atoms with Crippen LogP contribution < -0.4 is 10.9 Å². The van der Waals surface area contributed by atoms with Gasteiger partial charge in [0.1, 0.15) is 0 Å². The summed E-state index contributed by atoms with van der Waals surface area (Å²) in [6.45, 7) is 0. The minimum Gasteiger partial charge on any atom is -0.0737 e. The van der Waals surface area contributed by atoms with E-state index in [1.165, 1.54) is 33.2 Å². The van der Waals surface area contributed by atoms with Crippen LogP contribution in [0.4, 0.5) is 0 Å². The Bertz CT molecular complexity index is 745. The zero-order valence-electron chi connectivity index (χ0n) is 10.5. The van der Waals surface area contributed by atoms with Crippen molar-refractivity contribution in [3.05, 3.63) is 72.8 Å². The van der Waals surface area contributed by atoms with Gasteiger partial charge in [0, 0.05) is 0 Å². The highest BCUT2D eigenvalue weighted by Gasteiger charge is 2.21. The largest absolute Gasteiger partial charge is 0.193 e. The molecule has 1 aliphatic heterocycles. The zero-order chi connectivity index (χ0) is 12.7. The first-order valence-electron chi connectivity index (χ1n) is 6.56. The predicted molar refractivity (Wildman–Crippen MR) is 82.3 cm³/mol. The molecule has 0 fully saturated rings. The first kappa shape index (κ1) is 10.6. The van der Waals surface area contributed by atoms with E-state index in [9.17, 15) is 0 Å². The van der Waals surface area contributed by atoms with Crippen LogP contribution >= 0.6 is 0 Å². The van der Waals surface area contributed by atoms with Gasteiger partial charge in [-0.05, 0) is 22.3 Å². The molecule has 0 saturated carbocycles. The second-order valence-corrected chi connectivity index (χ2v) is 4.87. The molecule has 3 aromatic carbocycles. The van der Waals surface area contributed by atoms with Gasteiger partial charge in [-0.1, -0.05) is 83.7 Å². The quantitative estimate of drug-likeness (QED) is 0.448. The van der Waals surface area contributed by atoms with Gasteiger partial charge in [-0.25, -0.2) is 0 Å². The second-order valence-electron chi connectivity index (χ2n) is 4.87. The second kappa shape index (κ2) is 4.13. The normalized spacial score (nSPS) is 11.6. The van der Waals surface area contributed by atoms with Crippen LogP contribution in [0.5, 0.6) is 0 Å². The van der Waals surface area contributed by atoms with Crippen molar-refractivity contribution >= 4 is 18.2 Å². The van der Waals surface area contributed by atoms with Crippen LogP contribution in [0.1, 0.15) is 0 Å². The van der Waals surface area contributed by atoms with Gasteiger partial charge in [-0.15, -0.1) is 0 Å². The van der Waals surface area contributed by atoms with Gasteiger partial charge >= 0.3 is 0 Å². The molecule has 0 amide bonds. The Kier molecular flexibility index (Phi) is 2.31. The standard InChI is InChI=1S/C18H12B/c1-2-7-13(8-3-1)14-10-6-12-17-18(14)15-9-4-5-11-16(15)19-17/h1-12H. The molecule has 1 aliphatic rings. The number of rotatable bonds is 1. The maximum Gasteiger partial charge on any atom is 0.193 e. The van der Waals surface area contributed by atoms with Crippen LogP contribution in [0.15, 0.2) is 72.8 Å². The topological polar surface area (TPSA) is 0 Å². The Morgan fingerprint density at radius 1 is 0.526 bits per heavy atom. The van der Waals surface area contributed by atoms with E-state index in [1.807, 2.05) is 0 Å². The highest BCUT2D eigenvalue weighted by atomic mass is 14.2. The van der Waals surface area contributed by atoms with Crippen molar-refractivity contribution in [2.75, 3.05) is 0 Å². The molecule has 0 atom stereocenters. The average molecular weight is 239 g/mol. The van der Waals surface area contributed by atoms with E-state index in [1.54, 1.807) is 0 Å². The van der Waals surface area contributed by atoms with E-state index in [2.05, 4.69) is 80.1 Å². The minimum atomic E-state index is 1.28. The molecule has 0 aliphatic carbocycles. The molecular formula is C18H12B. The lowest BCUT2D eigenvalue weighted by molar-refractivity contribution is 1.63. The molecule has 1 heteroatoms. The van der Waals surface area contributed by atoms with Crippen molar-refractivity contribution in [3.8, 4) is 22.3 Å². The van der Waals surface area contributed by atoms with Crippen LogP contribution in [-0.4, -0.2) is 7.28 Å². The van der Waals surface area contributed by atoms with Gasteiger partial charge in [-0.3, -0.25) is 0 Å². The van der Waals surface area contributed by atoms with Crippen molar-refractivity contribution in [2.45, 2.75) is 0 Å². The van der Waals surface area contributed by atoms with Gasteiger partial charge in [0.05, 0.1) is 0 Å². The number of hydrogen-bond acceptors (Lipinski definition) is 0. The molecule has 3 aromatic rings. The number of hydrogen-bond donors (Lipinski definition) is 0. The summed E-state index contributed by atoms with van der Waals surface area (Å²) in [7, 11) is 2.27. The third-order valence-corrected chi connectivity index (χ3v) is 3.72. The Labute approximate surface area is 114 Å². The fourth-order valence-corrected chi connectivity index (χ4v) is 2.87. The number of benzene rings is 3. The predicted octanol–water partition coefficient (Wildman–Crippen LogP) is 2.99. The summed E-state index contributed by atoms with van der Waals surface area (Å²) in [4.78, 5) is 0. The maximum absolute atomic E-state index is 2.27. The highest BCUT2D eigenvalue weighted by Crippen LogP contribution is 2.31. The highest BCUT2D eigenvalue weighted by molar-refractivity contribution is 6.73. The first-order chi connectivity index (χ1) is 9.43. The average Bonchev–Trinajstić information content (AvgIpc) is 2.86. The van der Waals surface area contributed by atoms with Crippen molar-refractivity contribution in [1.29, 1.82) is 0 Å². The van der Waals surface area contributed by atoms with E-state index >= 15 is 0 Å². The van der Waals surface area contributed by atoms with Gasteiger partial charge in [-0.2, -0.15) is 0 Å². The van der Waals surface area contributed by atoms with E-state index in [-0.39, 0.29) is 0 Å². The molecule has 1 heterocycles. The van der Waals surface area contributed by atoms with Crippen LogP contribution in [0.25, 0.3) is 22.3 Å². The summed E-state index contributed by atoms with van der Waals surface area (Å²) in [5.74, 6) is 0. The molecule has 0 nitrogen and oxygen atoms in total. The van der Waals surface area contributed by atoms with Crippen molar-refractivity contribution < 1.29 is 0 Å². The molecule has 0 aromatic heterocycles. The summed E-state index contributed by atoms with van der Waals surface area (Å²) in [5, 5.41) is 0. The molecule has 0 spiro atoms. The molecule has 4 rings (SSSR count). The van der Waals surface area contributed by atoms with E-state index in [0.717, 1.165) is 0 Å². The lowest BCUT2D eigenvalue weighted by atomic mass is 9.68. The smallest absolute Gasteiger partial charge is 0.0737 e. The SMILES string of the molecule is [B]1c2ccccc2-c2c1cccc2-c1ccccc1. The zero-order valence-corrected chi connectivity index (χ0v) is 10.5. The molecule has 0 unspecified atom stereocenters. The monoisotopic (exact) mass is 239 g/mol. The number of fused-ring (bicyclic) bond motifs is 3. The molecule has 87 valence electrons. The summed E-state index contributed by atoms with van der Waals surface area (Å²) >= 11 is 0. The van der Waals surface area contributed by atoms with E-state index < -0.39 is 0 Å². The lowest BCUT2D eigenvalue weighted by Gasteiger charge is -2.10. The van der Waals surface area contributed by atoms with Crippen molar-refractivity contribution in [2.24, 2.45) is 0 Å². The Morgan fingerprint density at radius 3 is 2.11 bits per heavy atom. The Balaban J connectivity index is 2.01. The van der Waals surface area contributed by atoms with Gasteiger partial charge < -0.3 is 0 Å². The minimum absolute atomic E-state index is 1.28. The fraction of sp³-hybridized carbons (Fsp3) is 0. The summed E-state index contributed by atoms with van der Waals surface area (Å²) in [6, 6.07) is 25.8. The van der Waals surface area contributed by atoms with E-state index in [4.69, 9.17) is 0 Å².